The molecule has 0 aliphatic heterocycles. The first kappa shape index (κ1) is 23.7. The Hall–Kier alpha value is -3.99. The molecule has 3 aromatic rings. The van der Waals surface area contributed by atoms with Gasteiger partial charge in [0.05, 0.1) is 17.1 Å². The summed E-state index contributed by atoms with van der Waals surface area (Å²) in [5, 5.41) is 21.5. The van der Waals surface area contributed by atoms with Crippen molar-refractivity contribution < 1.29 is 33.0 Å². The van der Waals surface area contributed by atoms with Crippen molar-refractivity contribution in [2.24, 2.45) is 0 Å². The van der Waals surface area contributed by atoms with Gasteiger partial charge in [0, 0.05) is 24.4 Å². The van der Waals surface area contributed by atoms with Gasteiger partial charge >= 0.3 is 12.0 Å². The van der Waals surface area contributed by atoms with E-state index in [4.69, 9.17) is 4.74 Å². The monoisotopic (exact) mass is 473 g/mol. The van der Waals surface area contributed by atoms with Crippen molar-refractivity contribution in [3.8, 4) is 11.8 Å². The summed E-state index contributed by atoms with van der Waals surface area (Å²) in [6.45, 7) is 2.09. The van der Waals surface area contributed by atoms with E-state index in [1.165, 1.54) is 53.1 Å². The van der Waals surface area contributed by atoms with Crippen molar-refractivity contribution in [2.45, 2.75) is 24.8 Å². The number of aryl methyl sites for hydroxylation is 1. The summed E-state index contributed by atoms with van der Waals surface area (Å²) in [6.07, 6.45) is 0.346. The molecular weight excluding hydrogens is 450 g/mol. The van der Waals surface area contributed by atoms with Gasteiger partial charge in [-0.05, 0) is 43.7 Å². The molecule has 1 heterocycles. The van der Waals surface area contributed by atoms with Gasteiger partial charge in [-0.25, -0.2) is 22.7 Å². The molecule has 11 heteroatoms. The lowest BCUT2D eigenvalue weighted by Crippen LogP contribution is -2.34. The zero-order chi connectivity index (χ0) is 24.0. The number of aromatic hydroxyl groups is 2. The van der Waals surface area contributed by atoms with Crippen molar-refractivity contribution in [3.63, 3.8) is 0 Å². The Kier molecular flexibility index (Phi) is 7.23. The van der Waals surface area contributed by atoms with Gasteiger partial charge in [0.15, 0.2) is 11.8 Å². The fourth-order valence-corrected chi connectivity index (χ4v) is 3.83. The van der Waals surface area contributed by atoms with E-state index in [0.717, 1.165) is 5.56 Å². The number of hydrogen-bond donors (Lipinski definition) is 4. The number of nitrogens with one attached hydrogen (secondary N) is 2. The summed E-state index contributed by atoms with van der Waals surface area (Å²) < 4.78 is 33.0. The summed E-state index contributed by atoms with van der Waals surface area (Å²) in [6, 6.07) is 13.6. The number of benzene rings is 2. The quantitative estimate of drug-likeness (QED) is 0.290. The zero-order valence-electron chi connectivity index (χ0n) is 17.7. The van der Waals surface area contributed by atoms with Gasteiger partial charge in [0.2, 0.25) is 0 Å². The van der Waals surface area contributed by atoms with Gasteiger partial charge in [-0.15, -0.1) is 0 Å². The maximum atomic E-state index is 12.3. The van der Waals surface area contributed by atoms with Crippen LogP contribution in [0, 0.1) is 6.92 Å². The van der Waals surface area contributed by atoms with Gasteiger partial charge < -0.3 is 20.3 Å². The molecule has 2 amide bonds. The molecule has 0 bridgehead atoms. The van der Waals surface area contributed by atoms with Crippen LogP contribution in [0.1, 0.15) is 22.3 Å². The molecule has 0 fully saturated rings. The Morgan fingerprint density at radius 3 is 2.33 bits per heavy atom. The third-order valence-electron chi connectivity index (χ3n) is 4.61. The molecule has 0 unspecified atom stereocenters. The zero-order valence-corrected chi connectivity index (χ0v) is 18.5. The normalized spacial score (nSPS) is 11.1. The number of anilines is 1. The van der Waals surface area contributed by atoms with Crippen molar-refractivity contribution in [1.29, 1.82) is 0 Å². The number of sulfonamides is 1. The number of urea groups is 1. The highest BCUT2D eigenvalue weighted by Gasteiger charge is 2.18. The summed E-state index contributed by atoms with van der Waals surface area (Å²) in [5.74, 6) is -0.840. The number of rotatable bonds is 8. The van der Waals surface area contributed by atoms with Crippen LogP contribution in [-0.2, 0) is 21.3 Å². The molecule has 0 spiro atoms. The van der Waals surface area contributed by atoms with Crippen LogP contribution in [0.25, 0.3) is 0 Å². The molecule has 0 aliphatic carbocycles. The van der Waals surface area contributed by atoms with E-state index in [1.807, 2.05) is 11.6 Å². The largest absolute Gasteiger partial charge is 0.494 e. The summed E-state index contributed by atoms with van der Waals surface area (Å²) in [4.78, 5) is 24.4. The van der Waals surface area contributed by atoms with Crippen LogP contribution in [0.15, 0.2) is 65.6 Å². The highest BCUT2D eigenvalue weighted by molar-refractivity contribution is 7.90. The van der Waals surface area contributed by atoms with Crippen LogP contribution in [0.3, 0.4) is 0 Å². The summed E-state index contributed by atoms with van der Waals surface area (Å²) >= 11 is 0. The Morgan fingerprint density at radius 1 is 1.00 bits per heavy atom. The minimum atomic E-state index is -4.05. The number of amides is 2. The number of ether oxygens (including phenoxy) is 1. The minimum absolute atomic E-state index is 0.0306. The molecule has 4 N–H and O–H groups in total. The molecule has 0 radical (unpaired) electrons. The van der Waals surface area contributed by atoms with Crippen LogP contribution in [0.2, 0.25) is 0 Å². The molecule has 0 aliphatic rings. The molecule has 0 atom stereocenters. The van der Waals surface area contributed by atoms with Crippen LogP contribution >= 0.6 is 0 Å². The van der Waals surface area contributed by atoms with Crippen molar-refractivity contribution in [2.75, 3.05) is 11.9 Å². The average Bonchev–Trinajstić information content (AvgIpc) is 3.08. The van der Waals surface area contributed by atoms with Crippen LogP contribution < -0.4 is 10.0 Å². The Balaban J connectivity index is 1.53. The molecule has 33 heavy (non-hydrogen) atoms. The van der Waals surface area contributed by atoms with Crippen molar-refractivity contribution in [3.05, 3.63) is 71.8 Å². The van der Waals surface area contributed by atoms with Crippen LogP contribution in [-0.4, -0.2) is 41.8 Å². The second-order valence-electron chi connectivity index (χ2n) is 7.14. The van der Waals surface area contributed by atoms with Gasteiger partial charge in [-0.3, -0.25) is 4.57 Å². The number of nitrogens with zero attached hydrogens (tertiary/aromatic N) is 1. The minimum Gasteiger partial charge on any atom is -0.494 e. The second-order valence-corrected chi connectivity index (χ2v) is 8.83. The second kappa shape index (κ2) is 10.1. The van der Waals surface area contributed by atoms with E-state index in [2.05, 4.69) is 5.32 Å². The van der Waals surface area contributed by atoms with Crippen molar-refractivity contribution >= 4 is 27.7 Å². The molecule has 1 aromatic heterocycles. The van der Waals surface area contributed by atoms with Gasteiger partial charge in [-0.2, -0.15) is 0 Å². The first-order chi connectivity index (χ1) is 15.7. The Labute approximate surface area is 190 Å². The van der Waals surface area contributed by atoms with E-state index in [-0.39, 0.29) is 41.1 Å². The van der Waals surface area contributed by atoms with E-state index >= 15 is 0 Å². The van der Waals surface area contributed by atoms with E-state index in [1.54, 1.807) is 12.1 Å². The topological polar surface area (TPSA) is 147 Å². The summed E-state index contributed by atoms with van der Waals surface area (Å²) in [5.41, 5.74) is 1.23. The lowest BCUT2D eigenvalue weighted by Gasteiger charge is -2.10. The Bertz CT molecular complexity index is 1230. The molecule has 0 saturated heterocycles. The molecule has 174 valence electrons. The first-order valence-corrected chi connectivity index (χ1v) is 11.4. The number of esters is 1. The summed E-state index contributed by atoms with van der Waals surface area (Å²) in [7, 11) is -4.05. The first-order valence-electron chi connectivity index (χ1n) is 9.91. The lowest BCUT2D eigenvalue weighted by atomic mass is 10.2. The predicted octanol–water partition coefficient (Wildman–Crippen LogP) is 2.97. The lowest BCUT2D eigenvalue weighted by molar-refractivity contribution is 0.0495. The number of carbonyl (C=O) groups is 2. The standard InChI is InChI=1S/C22H23N3O7S/c1-15-6-8-18(9-7-15)33(30,31)24-22(29)23-17-5-2-4-16(14-17)21(28)32-13-3-12-25-19(26)10-11-20(25)27/h2,4-11,14,26-27H,3,12-13H2,1H3,(H2,23,24,29). The van der Waals surface area contributed by atoms with E-state index in [0.29, 0.717) is 6.42 Å². The van der Waals surface area contributed by atoms with Gasteiger partial charge in [0.25, 0.3) is 10.0 Å². The number of aromatic nitrogens is 1. The fraction of sp³-hybridized carbons (Fsp3) is 0.182. The highest BCUT2D eigenvalue weighted by atomic mass is 32.2. The number of hydrogen-bond acceptors (Lipinski definition) is 7. The maximum Gasteiger partial charge on any atom is 0.338 e. The molecule has 0 saturated carbocycles. The van der Waals surface area contributed by atoms with Crippen LogP contribution in [0.4, 0.5) is 10.5 Å². The average molecular weight is 474 g/mol. The smallest absolute Gasteiger partial charge is 0.338 e. The molecule has 3 rings (SSSR count). The van der Waals surface area contributed by atoms with E-state index < -0.39 is 22.0 Å². The molecular formula is C22H23N3O7S. The third-order valence-corrected chi connectivity index (χ3v) is 5.96. The van der Waals surface area contributed by atoms with Gasteiger partial charge in [0.1, 0.15) is 0 Å². The highest BCUT2D eigenvalue weighted by Crippen LogP contribution is 2.21. The predicted molar refractivity (Wildman–Crippen MR) is 120 cm³/mol. The third kappa shape index (κ3) is 6.26. The molecule has 2 aromatic carbocycles. The molecule has 10 nitrogen and oxygen atoms in total. The SMILES string of the molecule is Cc1ccc(S(=O)(=O)NC(=O)Nc2cccc(C(=O)OCCCn3c(O)ccc3O)c2)cc1. The van der Waals surface area contributed by atoms with Crippen LogP contribution in [0.5, 0.6) is 11.8 Å². The fourth-order valence-electron chi connectivity index (χ4n) is 2.93. The van der Waals surface area contributed by atoms with E-state index in [9.17, 15) is 28.2 Å². The van der Waals surface area contributed by atoms with Crippen molar-refractivity contribution in [1.82, 2.24) is 9.29 Å². The Morgan fingerprint density at radius 2 is 1.67 bits per heavy atom. The maximum absolute atomic E-state index is 12.3. The number of carbonyl (C=O) groups excluding carboxylic acids is 2. The van der Waals surface area contributed by atoms with Gasteiger partial charge in [-0.1, -0.05) is 23.8 Å².